The van der Waals surface area contributed by atoms with Crippen molar-refractivity contribution in [2.45, 2.75) is 0 Å². The van der Waals surface area contributed by atoms with Gasteiger partial charge in [0.1, 0.15) is 6.79 Å². The Hall–Kier alpha value is -0.210. The summed E-state index contributed by atoms with van der Waals surface area (Å²) in [4.78, 5) is 0. The Morgan fingerprint density at radius 2 is 1.40 bits per heavy atom. The first-order valence-electron chi connectivity index (χ1n) is 2.32. The summed E-state index contributed by atoms with van der Waals surface area (Å²) in [6.07, 6.45) is 0. The summed E-state index contributed by atoms with van der Waals surface area (Å²) in [6.45, 7) is 2.06. The highest BCUT2D eigenvalue weighted by molar-refractivity contribution is 7.79. The van der Waals surface area contributed by atoms with Crippen molar-refractivity contribution in [1.29, 1.82) is 0 Å². The van der Waals surface area contributed by atoms with Crippen molar-refractivity contribution in [3.8, 4) is 0 Å². The summed E-state index contributed by atoms with van der Waals surface area (Å²) in [6, 6.07) is 0. The fourth-order valence-electron chi connectivity index (χ4n) is 0.295. The third kappa shape index (κ3) is 15.7. The molecule has 1 saturated heterocycles. The van der Waals surface area contributed by atoms with Crippen LogP contribution in [0.5, 0.6) is 0 Å². The van der Waals surface area contributed by atoms with Gasteiger partial charge < -0.3 is 18.6 Å². The average Bonchev–Trinajstić information content (AvgIpc) is 2.07. The van der Waals surface area contributed by atoms with Gasteiger partial charge in [0.05, 0.1) is 13.2 Å². The minimum atomic E-state index is -5.17. The maximum absolute atomic E-state index is 8.52. The standard InChI is InChI=1S/C3H6O2.H2O4S/c1-2-5-3-4-1;1-5(2,3)4/h1-3H2;(H2,1,2,3,4)/p-2. The second-order valence-corrected chi connectivity index (χ2v) is 2.16. The van der Waals surface area contributed by atoms with Crippen LogP contribution in [0.3, 0.4) is 0 Å². The van der Waals surface area contributed by atoms with Gasteiger partial charge in [-0.2, -0.15) is 0 Å². The third-order valence-electron chi connectivity index (χ3n) is 0.539. The van der Waals surface area contributed by atoms with Crippen LogP contribution in [0.15, 0.2) is 0 Å². The molecule has 0 aliphatic carbocycles. The quantitative estimate of drug-likeness (QED) is 0.329. The summed E-state index contributed by atoms with van der Waals surface area (Å²) in [5, 5.41) is 0. The molecule has 1 fully saturated rings. The SMILES string of the molecule is C1COCO1.O=S(=O)([O-])[O-]. The lowest BCUT2D eigenvalue weighted by molar-refractivity contribution is 0.0692. The first-order valence-corrected chi connectivity index (χ1v) is 3.65. The van der Waals surface area contributed by atoms with Gasteiger partial charge in [0.25, 0.3) is 0 Å². The highest BCUT2D eigenvalue weighted by atomic mass is 32.3. The van der Waals surface area contributed by atoms with Gasteiger partial charge in [0.2, 0.25) is 0 Å². The summed E-state index contributed by atoms with van der Waals surface area (Å²) in [5.41, 5.74) is 0. The van der Waals surface area contributed by atoms with E-state index in [1.54, 1.807) is 0 Å². The molecule has 0 N–H and O–H groups in total. The molecule has 1 heterocycles. The Kier molecular flexibility index (Phi) is 4.49. The molecule has 0 amide bonds. The van der Waals surface area contributed by atoms with Crippen molar-refractivity contribution in [2.24, 2.45) is 0 Å². The van der Waals surface area contributed by atoms with Gasteiger partial charge in [-0.25, -0.2) is 0 Å². The van der Waals surface area contributed by atoms with Crippen molar-refractivity contribution in [3.63, 3.8) is 0 Å². The van der Waals surface area contributed by atoms with Gasteiger partial charge in [-0.05, 0) is 0 Å². The number of hydrogen-bond acceptors (Lipinski definition) is 6. The van der Waals surface area contributed by atoms with Crippen LogP contribution in [0.25, 0.3) is 0 Å². The van der Waals surface area contributed by atoms with Crippen LogP contribution < -0.4 is 0 Å². The Morgan fingerprint density at radius 3 is 1.50 bits per heavy atom. The molecule has 1 aliphatic rings. The van der Waals surface area contributed by atoms with Crippen LogP contribution in [0.1, 0.15) is 0 Å². The lowest BCUT2D eigenvalue weighted by atomic mass is 10.8. The third-order valence-corrected chi connectivity index (χ3v) is 0.539. The van der Waals surface area contributed by atoms with E-state index in [-0.39, 0.29) is 0 Å². The van der Waals surface area contributed by atoms with Crippen molar-refractivity contribution in [2.75, 3.05) is 20.0 Å². The Bertz CT molecular complexity index is 140. The zero-order chi connectivity index (χ0) is 8.04. The van der Waals surface area contributed by atoms with Crippen LogP contribution in [-0.2, 0) is 19.9 Å². The molecule has 0 saturated carbocycles. The summed E-state index contributed by atoms with van der Waals surface area (Å²) in [5.74, 6) is 0. The largest absolute Gasteiger partial charge is 0.759 e. The second kappa shape index (κ2) is 4.58. The van der Waals surface area contributed by atoms with E-state index in [2.05, 4.69) is 0 Å². The predicted molar refractivity (Wildman–Crippen MR) is 27.2 cm³/mol. The monoisotopic (exact) mass is 170 g/mol. The van der Waals surface area contributed by atoms with E-state index in [1.165, 1.54) is 0 Å². The molecule has 0 radical (unpaired) electrons. The minimum Gasteiger partial charge on any atom is -0.759 e. The minimum absolute atomic E-state index is 0.500. The molecule has 7 heteroatoms. The highest BCUT2D eigenvalue weighted by Crippen LogP contribution is 1.85. The molecule has 0 spiro atoms. The molecule has 0 unspecified atom stereocenters. The van der Waals surface area contributed by atoms with Crippen molar-refractivity contribution in [3.05, 3.63) is 0 Å². The van der Waals surface area contributed by atoms with E-state index >= 15 is 0 Å². The van der Waals surface area contributed by atoms with E-state index in [1.807, 2.05) is 0 Å². The molecule has 0 atom stereocenters. The number of rotatable bonds is 0. The smallest absolute Gasteiger partial charge is 0.146 e. The van der Waals surface area contributed by atoms with Crippen molar-refractivity contribution >= 4 is 10.4 Å². The van der Waals surface area contributed by atoms with Gasteiger partial charge >= 0.3 is 0 Å². The first-order chi connectivity index (χ1) is 4.50. The van der Waals surface area contributed by atoms with Gasteiger partial charge in [-0.3, -0.25) is 8.42 Å². The predicted octanol–water partition coefficient (Wildman–Crippen LogP) is -1.35. The highest BCUT2D eigenvalue weighted by Gasteiger charge is 1.93. The Morgan fingerprint density at radius 1 is 1.10 bits per heavy atom. The van der Waals surface area contributed by atoms with Crippen molar-refractivity contribution < 1.29 is 27.0 Å². The molecule has 6 nitrogen and oxygen atoms in total. The Labute approximate surface area is 58.3 Å². The number of ether oxygens (including phenoxy) is 2. The zero-order valence-electron chi connectivity index (χ0n) is 4.98. The van der Waals surface area contributed by atoms with Crippen LogP contribution >= 0.6 is 0 Å². The second-order valence-electron chi connectivity index (χ2n) is 1.34. The van der Waals surface area contributed by atoms with Crippen LogP contribution in [0.2, 0.25) is 0 Å². The summed E-state index contributed by atoms with van der Waals surface area (Å²) >= 11 is 0. The van der Waals surface area contributed by atoms with Crippen LogP contribution in [0.4, 0.5) is 0 Å². The van der Waals surface area contributed by atoms with Gasteiger partial charge in [-0.15, -0.1) is 0 Å². The number of hydrogen-bond donors (Lipinski definition) is 0. The van der Waals surface area contributed by atoms with Crippen LogP contribution in [-0.4, -0.2) is 37.5 Å². The molecule has 0 aromatic rings. The van der Waals surface area contributed by atoms with E-state index in [0.717, 1.165) is 13.2 Å². The van der Waals surface area contributed by atoms with E-state index in [9.17, 15) is 0 Å². The molecule has 10 heavy (non-hydrogen) atoms. The first kappa shape index (κ1) is 9.79. The summed E-state index contributed by atoms with van der Waals surface area (Å²) in [7, 11) is -5.17. The van der Waals surface area contributed by atoms with Crippen molar-refractivity contribution in [1.82, 2.24) is 0 Å². The molecule has 0 aromatic carbocycles. The zero-order valence-corrected chi connectivity index (χ0v) is 5.80. The Balaban J connectivity index is 0.000000162. The molecular weight excluding hydrogens is 164 g/mol. The lowest BCUT2D eigenvalue weighted by Crippen LogP contribution is -1.91. The van der Waals surface area contributed by atoms with Crippen LogP contribution in [0, 0.1) is 0 Å². The maximum Gasteiger partial charge on any atom is 0.146 e. The van der Waals surface area contributed by atoms with Gasteiger partial charge in [-0.1, -0.05) is 0 Å². The lowest BCUT2D eigenvalue weighted by Gasteiger charge is -2.06. The van der Waals surface area contributed by atoms with Gasteiger partial charge in [0, 0.05) is 10.4 Å². The molecular formula is C3H6O6S-2. The molecule has 1 rings (SSSR count). The fourth-order valence-corrected chi connectivity index (χ4v) is 0.295. The average molecular weight is 170 g/mol. The normalized spacial score (nSPS) is 17.8. The molecule has 62 valence electrons. The topological polar surface area (TPSA) is 98.7 Å². The molecule has 1 aliphatic heterocycles. The molecule has 0 bridgehead atoms. The summed E-state index contributed by atoms with van der Waals surface area (Å²) < 4.78 is 43.5. The van der Waals surface area contributed by atoms with E-state index in [0.29, 0.717) is 6.79 Å². The fraction of sp³-hybridized carbons (Fsp3) is 1.00. The van der Waals surface area contributed by atoms with E-state index < -0.39 is 10.4 Å². The molecule has 0 aromatic heterocycles. The van der Waals surface area contributed by atoms with Gasteiger partial charge in [0.15, 0.2) is 0 Å². The maximum atomic E-state index is 8.52. The van der Waals surface area contributed by atoms with E-state index in [4.69, 9.17) is 27.0 Å².